The largest absolute Gasteiger partial charge is 0.505 e. The molecule has 0 atom stereocenters. The molecular formula is C19H21FN2O6S. The number of sulfonamides is 1. The lowest BCUT2D eigenvalue weighted by Gasteiger charge is -2.17. The minimum Gasteiger partial charge on any atom is -0.505 e. The van der Waals surface area contributed by atoms with Crippen LogP contribution < -0.4 is 5.32 Å². The van der Waals surface area contributed by atoms with Crippen molar-refractivity contribution in [2.45, 2.75) is 17.7 Å². The number of amides is 1. The van der Waals surface area contributed by atoms with E-state index in [0.717, 1.165) is 16.4 Å². The molecule has 0 bridgehead atoms. The van der Waals surface area contributed by atoms with Crippen molar-refractivity contribution in [3.63, 3.8) is 0 Å². The lowest BCUT2D eigenvalue weighted by molar-refractivity contribution is -0.116. The fourth-order valence-electron chi connectivity index (χ4n) is 2.50. The monoisotopic (exact) mass is 424 g/mol. The Labute approximate surface area is 168 Å². The van der Waals surface area contributed by atoms with Crippen LogP contribution in [-0.2, 0) is 19.6 Å². The highest BCUT2D eigenvalue weighted by Crippen LogP contribution is 2.28. The number of methoxy groups -OCH3 is 1. The predicted octanol–water partition coefficient (Wildman–Crippen LogP) is 2.36. The molecule has 0 aliphatic carbocycles. The molecular weight excluding hydrogens is 403 g/mol. The number of phenols is 1. The number of phenolic OH excluding ortho intramolecular Hbond substituents is 1. The van der Waals surface area contributed by atoms with Gasteiger partial charge in [0.05, 0.1) is 17.7 Å². The molecule has 0 fully saturated rings. The van der Waals surface area contributed by atoms with Crippen molar-refractivity contribution in [2.24, 2.45) is 0 Å². The van der Waals surface area contributed by atoms with Gasteiger partial charge in [0.2, 0.25) is 15.9 Å². The Balaban J connectivity index is 1.93. The van der Waals surface area contributed by atoms with Crippen LogP contribution in [0.5, 0.6) is 5.75 Å². The van der Waals surface area contributed by atoms with Gasteiger partial charge in [-0.15, -0.1) is 0 Å². The molecule has 29 heavy (non-hydrogen) atoms. The number of aromatic hydroxyl groups is 1. The van der Waals surface area contributed by atoms with E-state index in [4.69, 9.17) is 0 Å². The Kier molecular flexibility index (Phi) is 7.29. The number of nitrogens with one attached hydrogen (secondary N) is 1. The van der Waals surface area contributed by atoms with Gasteiger partial charge in [-0.25, -0.2) is 21.9 Å². The van der Waals surface area contributed by atoms with E-state index in [2.05, 4.69) is 10.1 Å². The number of hydrogen-bond donors (Lipinski definition) is 2. The summed E-state index contributed by atoms with van der Waals surface area (Å²) in [6.45, 7) is 0.0569. The average Bonchev–Trinajstić information content (AvgIpc) is 2.69. The van der Waals surface area contributed by atoms with Gasteiger partial charge in [0.15, 0.2) is 5.75 Å². The maximum atomic E-state index is 13.0. The Morgan fingerprint density at radius 3 is 2.45 bits per heavy atom. The second-order valence-electron chi connectivity index (χ2n) is 6.13. The minimum absolute atomic E-state index is 0.0226. The fourth-order valence-corrected chi connectivity index (χ4v) is 3.71. The maximum absolute atomic E-state index is 13.0. The molecule has 0 heterocycles. The molecule has 0 saturated carbocycles. The predicted molar refractivity (Wildman–Crippen MR) is 104 cm³/mol. The van der Waals surface area contributed by atoms with Crippen LogP contribution in [0.4, 0.5) is 10.1 Å². The van der Waals surface area contributed by atoms with Crippen LogP contribution in [0.25, 0.3) is 0 Å². The van der Waals surface area contributed by atoms with E-state index in [1.165, 1.54) is 44.5 Å². The quantitative estimate of drug-likeness (QED) is 0.497. The van der Waals surface area contributed by atoms with Crippen molar-refractivity contribution < 1.29 is 32.2 Å². The van der Waals surface area contributed by atoms with Gasteiger partial charge in [-0.2, -0.15) is 0 Å². The Hall–Kier alpha value is -2.98. The van der Waals surface area contributed by atoms with Crippen LogP contribution in [-0.4, -0.2) is 50.4 Å². The first-order valence-electron chi connectivity index (χ1n) is 8.59. The molecule has 0 aromatic heterocycles. The number of carbonyl (C=O) groups excluding carboxylic acids is 2. The summed E-state index contributed by atoms with van der Waals surface area (Å²) in [6.07, 6.45) is 0.186. The zero-order chi connectivity index (χ0) is 21.6. The molecule has 2 N–H and O–H groups in total. The first kappa shape index (κ1) is 22.3. The van der Waals surface area contributed by atoms with Gasteiger partial charge >= 0.3 is 5.97 Å². The van der Waals surface area contributed by atoms with Crippen LogP contribution in [0, 0.1) is 5.82 Å². The SMILES string of the molecule is COC(=O)c1cccc(NC(=O)CCCN(C)S(=O)(=O)c2ccc(F)cc2)c1O. The third-order valence-corrected chi connectivity index (χ3v) is 5.99. The molecule has 2 aromatic rings. The summed E-state index contributed by atoms with van der Waals surface area (Å²) in [7, 11) is -1.26. The van der Waals surface area contributed by atoms with Crippen molar-refractivity contribution in [3.05, 3.63) is 53.8 Å². The lowest BCUT2D eigenvalue weighted by atomic mass is 10.1. The molecule has 8 nitrogen and oxygen atoms in total. The van der Waals surface area contributed by atoms with Gasteiger partial charge < -0.3 is 15.2 Å². The third kappa shape index (κ3) is 5.52. The molecule has 0 saturated heterocycles. The summed E-state index contributed by atoms with van der Waals surface area (Å²) in [4.78, 5) is 23.6. The number of rotatable bonds is 8. The van der Waals surface area contributed by atoms with Crippen LogP contribution in [0.3, 0.4) is 0 Å². The standard InChI is InChI=1S/C19H21FN2O6S/c1-22(29(26,27)14-10-8-13(20)9-11-14)12-4-7-17(23)21-16-6-3-5-15(18(16)24)19(25)28-2/h3,5-6,8-11,24H,4,7,12H2,1-2H3,(H,21,23). The van der Waals surface area contributed by atoms with Crippen LogP contribution in [0.15, 0.2) is 47.4 Å². The van der Waals surface area contributed by atoms with Crippen molar-refractivity contribution in [3.8, 4) is 5.75 Å². The van der Waals surface area contributed by atoms with E-state index >= 15 is 0 Å². The van der Waals surface area contributed by atoms with Crippen LogP contribution >= 0.6 is 0 Å². The first-order valence-corrected chi connectivity index (χ1v) is 10.0. The molecule has 0 spiro atoms. The van der Waals surface area contributed by atoms with Gasteiger partial charge in [-0.05, 0) is 42.8 Å². The highest BCUT2D eigenvalue weighted by atomic mass is 32.2. The molecule has 0 aliphatic rings. The highest BCUT2D eigenvalue weighted by Gasteiger charge is 2.21. The third-order valence-electron chi connectivity index (χ3n) is 4.11. The van der Waals surface area contributed by atoms with Crippen molar-refractivity contribution in [2.75, 3.05) is 26.0 Å². The summed E-state index contributed by atoms with van der Waals surface area (Å²) in [5, 5.41) is 12.5. The molecule has 10 heteroatoms. The number of ether oxygens (including phenoxy) is 1. The number of nitrogens with zero attached hydrogens (tertiary/aromatic N) is 1. The number of hydrogen-bond acceptors (Lipinski definition) is 6. The smallest absolute Gasteiger partial charge is 0.341 e. The molecule has 2 aromatic carbocycles. The second-order valence-corrected chi connectivity index (χ2v) is 8.17. The Morgan fingerprint density at radius 1 is 1.17 bits per heavy atom. The van der Waals surface area contributed by atoms with E-state index in [1.54, 1.807) is 0 Å². The minimum atomic E-state index is -3.79. The molecule has 1 amide bonds. The number of esters is 1. The van der Waals surface area contributed by atoms with Crippen molar-refractivity contribution in [1.29, 1.82) is 0 Å². The lowest BCUT2D eigenvalue weighted by Crippen LogP contribution is -2.28. The van der Waals surface area contributed by atoms with E-state index < -0.39 is 33.5 Å². The van der Waals surface area contributed by atoms with Gasteiger partial charge in [0.25, 0.3) is 0 Å². The number of benzene rings is 2. The molecule has 0 aliphatic heterocycles. The second kappa shape index (κ2) is 9.48. The molecule has 2 rings (SSSR count). The summed E-state index contributed by atoms with van der Waals surface area (Å²) >= 11 is 0. The first-order chi connectivity index (χ1) is 13.7. The van der Waals surface area contributed by atoms with Gasteiger partial charge in [-0.3, -0.25) is 4.79 Å². The summed E-state index contributed by atoms with van der Waals surface area (Å²) in [5.41, 5.74) is -0.0411. The maximum Gasteiger partial charge on any atom is 0.341 e. The average molecular weight is 424 g/mol. The summed E-state index contributed by atoms with van der Waals surface area (Å²) in [6, 6.07) is 8.71. The Morgan fingerprint density at radius 2 is 1.83 bits per heavy atom. The molecule has 0 radical (unpaired) electrons. The number of para-hydroxylation sites is 1. The highest BCUT2D eigenvalue weighted by molar-refractivity contribution is 7.89. The topological polar surface area (TPSA) is 113 Å². The van der Waals surface area contributed by atoms with Crippen molar-refractivity contribution in [1.82, 2.24) is 4.31 Å². The Bertz CT molecular complexity index is 992. The number of halogens is 1. The van der Waals surface area contributed by atoms with E-state index in [1.807, 2.05) is 0 Å². The van der Waals surface area contributed by atoms with Gasteiger partial charge in [0.1, 0.15) is 11.4 Å². The number of anilines is 1. The number of carbonyl (C=O) groups is 2. The van der Waals surface area contributed by atoms with E-state index in [-0.39, 0.29) is 35.5 Å². The van der Waals surface area contributed by atoms with Gasteiger partial charge in [-0.1, -0.05) is 6.07 Å². The van der Waals surface area contributed by atoms with Crippen LogP contribution in [0.1, 0.15) is 23.2 Å². The zero-order valence-corrected chi connectivity index (χ0v) is 16.7. The van der Waals surface area contributed by atoms with E-state index in [0.29, 0.717) is 0 Å². The molecule has 0 unspecified atom stereocenters. The van der Waals surface area contributed by atoms with Crippen molar-refractivity contribution >= 4 is 27.6 Å². The molecule has 156 valence electrons. The zero-order valence-electron chi connectivity index (χ0n) is 15.9. The summed E-state index contributed by atoms with van der Waals surface area (Å²) in [5.74, 6) is -2.16. The summed E-state index contributed by atoms with van der Waals surface area (Å²) < 4.78 is 43.4. The fraction of sp³-hybridized carbons (Fsp3) is 0.263. The normalized spacial score (nSPS) is 11.3. The van der Waals surface area contributed by atoms with E-state index in [9.17, 15) is 27.5 Å². The van der Waals surface area contributed by atoms with Gasteiger partial charge in [0, 0.05) is 20.0 Å². The van der Waals surface area contributed by atoms with Crippen LogP contribution in [0.2, 0.25) is 0 Å².